The Bertz CT molecular complexity index is 805. The molecule has 3 heterocycles. The van der Waals surface area contributed by atoms with Crippen molar-refractivity contribution in [2.24, 2.45) is 0 Å². The molecule has 6 heteroatoms. The van der Waals surface area contributed by atoms with Crippen LogP contribution in [0.2, 0.25) is 0 Å². The van der Waals surface area contributed by atoms with Crippen LogP contribution >= 0.6 is 11.3 Å². The summed E-state index contributed by atoms with van der Waals surface area (Å²) in [5.41, 5.74) is 1.03. The Morgan fingerprint density at radius 3 is 2.87 bits per heavy atom. The lowest BCUT2D eigenvalue weighted by Crippen LogP contribution is -2.11. The molecule has 0 aromatic carbocycles. The molecule has 0 spiro atoms. The molecule has 4 rings (SSSR count). The Morgan fingerprint density at radius 2 is 2.04 bits per heavy atom. The summed E-state index contributed by atoms with van der Waals surface area (Å²) in [6, 6.07) is 1.81. The first-order valence-electron chi connectivity index (χ1n) is 7.78. The first-order valence-corrected chi connectivity index (χ1v) is 8.66. The maximum absolute atomic E-state index is 4.67. The molecule has 0 saturated carbocycles. The van der Waals surface area contributed by atoms with Crippen molar-refractivity contribution >= 4 is 11.3 Å². The maximum Gasteiger partial charge on any atom is 0.188 e. The molecule has 0 amide bonds. The second-order valence-electron chi connectivity index (χ2n) is 5.61. The average molecular weight is 323 g/mol. The summed E-state index contributed by atoms with van der Waals surface area (Å²) in [5.74, 6) is 2.37. The van der Waals surface area contributed by atoms with Gasteiger partial charge in [0.05, 0.1) is 12.2 Å². The Balaban J connectivity index is 1.54. The largest absolute Gasteiger partial charge is 0.329 e. The van der Waals surface area contributed by atoms with Crippen molar-refractivity contribution in [1.82, 2.24) is 24.5 Å². The Kier molecular flexibility index (Phi) is 3.98. The van der Waals surface area contributed by atoms with Gasteiger partial charge >= 0.3 is 0 Å². The van der Waals surface area contributed by atoms with Gasteiger partial charge in [-0.05, 0) is 25.3 Å². The van der Waals surface area contributed by atoms with Gasteiger partial charge in [-0.3, -0.25) is 0 Å². The van der Waals surface area contributed by atoms with Crippen molar-refractivity contribution in [3.63, 3.8) is 0 Å². The van der Waals surface area contributed by atoms with Crippen LogP contribution in [-0.2, 0) is 6.54 Å². The summed E-state index contributed by atoms with van der Waals surface area (Å²) in [6.07, 6.45) is 15.3. The third-order valence-corrected chi connectivity index (χ3v) is 4.91. The predicted octanol–water partition coefficient (Wildman–Crippen LogP) is 3.67. The fourth-order valence-corrected chi connectivity index (χ4v) is 3.66. The van der Waals surface area contributed by atoms with Crippen LogP contribution in [0.25, 0.3) is 10.8 Å². The smallest absolute Gasteiger partial charge is 0.188 e. The van der Waals surface area contributed by atoms with Gasteiger partial charge in [-0.2, -0.15) is 0 Å². The van der Waals surface area contributed by atoms with Gasteiger partial charge < -0.3 is 4.57 Å². The van der Waals surface area contributed by atoms with E-state index in [9.17, 15) is 0 Å². The minimum Gasteiger partial charge on any atom is -0.329 e. The number of thiazole rings is 1. The molecule has 0 fully saturated rings. The fraction of sp³-hybridized carbons (Fsp3) is 0.294. The van der Waals surface area contributed by atoms with Gasteiger partial charge in [0.2, 0.25) is 0 Å². The molecule has 1 aliphatic rings. The summed E-state index contributed by atoms with van der Waals surface area (Å²) in [7, 11) is 0. The molecule has 0 unspecified atom stereocenters. The SMILES string of the molecule is C1=CC[C@@H](c2nccn2Cc2csc(-c3ncccn3)n2)CC1. The number of imidazole rings is 1. The van der Waals surface area contributed by atoms with Crippen molar-refractivity contribution in [3.8, 4) is 10.8 Å². The van der Waals surface area contributed by atoms with Crippen LogP contribution in [0.5, 0.6) is 0 Å². The van der Waals surface area contributed by atoms with E-state index in [0.29, 0.717) is 11.7 Å². The lowest BCUT2D eigenvalue weighted by atomic mass is 9.93. The second kappa shape index (κ2) is 6.42. The van der Waals surface area contributed by atoms with E-state index in [1.54, 1.807) is 23.7 Å². The molecule has 0 N–H and O–H groups in total. The molecule has 0 bridgehead atoms. The highest BCUT2D eigenvalue weighted by atomic mass is 32.1. The fourth-order valence-electron chi connectivity index (χ4n) is 2.91. The van der Waals surface area contributed by atoms with Gasteiger partial charge in [0.25, 0.3) is 0 Å². The first kappa shape index (κ1) is 14.3. The van der Waals surface area contributed by atoms with Crippen molar-refractivity contribution in [3.05, 3.63) is 59.9 Å². The third-order valence-electron chi connectivity index (χ3n) is 4.02. The predicted molar refractivity (Wildman–Crippen MR) is 90.2 cm³/mol. The highest BCUT2D eigenvalue weighted by Crippen LogP contribution is 2.28. The summed E-state index contributed by atoms with van der Waals surface area (Å²) in [6.45, 7) is 0.749. The minimum atomic E-state index is 0.519. The number of rotatable bonds is 4. The molecule has 0 radical (unpaired) electrons. The van der Waals surface area contributed by atoms with E-state index in [-0.39, 0.29) is 0 Å². The molecule has 1 atom stereocenters. The van der Waals surface area contributed by atoms with E-state index in [0.717, 1.165) is 30.1 Å². The van der Waals surface area contributed by atoms with Crippen LogP contribution in [0.4, 0.5) is 0 Å². The molecule has 3 aromatic heterocycles. The topological polar surface area (TPSA) is 56.5 Å². The molecular weight excluding hydrogens is 306 g/mol. The zero-order chi connectivity index (χ0) is 15.5. The molecule has 3 aromatic rings. The van der Waals surface area contributed by atoms with Crippen LogP contribution in [0, 0.1) is 0 Å². The number of nitrogens with zero attached hydrogens (tertiary/aromatic N) is 5. The molecule has 0 aliphatic heterocycles. The van der Waals surface area contributed by atoms with Crippen LogP contribution < -0.4 is 0 Å². The molecule has 1 aliphatic carbocycles. The highest BCUT2D eigenvalue weighted by Gasteiger charge is 2.18. The summed E-state index contributed by atoms with van der Waals surface area (Å²) < 4.78 is 2.22. The summed E-state index contributed by atoms with van der Waals surface area (Å²) in [5, 5.41) is 2.94. The number of hydrogen-bond donors (Lipinski definition) is 0. The van der Waals surface area contributed by atoms with E-state index in [1.807, 2.05) is 18.5 Å². The summed E-state index contributed by atoms with van der Waals surface area (Å²) in [4.78, 5) is 17.8. The van der Waals surface area contributed by atoms with Crippen molar-refractivity contribution in [2.45, 2.75) is 31.7 Å². The van der Waals surface area contributed by atoms with Gasteiger partial charge in [-0.15, -0.1) is 11.3 Å². The van der Waals surface area contributed by atoms with Crippen molar-refractivity contribution in [1.29, 1.82) is 0 Å². The van der Waals surface area contributed by atoms with Crippen LogP contribution in [0.15, 0.2) is 48.4 Å². The minimum absolute atomic E-state index is 0.519. The quantitative estimate of drug-likeness (QED) is 0.687. The molecule has 116 valence electrons. The van der Waals surface area contributed by atoms with E-state index in [2.05, 4.69) is 42.0 Å². The normalized spacial score (nSPS) is 17.5. The number of hydrogen-bond acceptors (Lipinski definition) is 5. The first-order chi connectivity index (χ1) is 11.4. The molecule has 5 nitrogen and oxygen atoms in total. The van der Waals surface area contributed by atoms with E-state index >= 15 is 0 Å². The van der Waals surface area contributed by atoms with Gasteiger partial charge in [-0.1, -0.05) is 12.2 Å². The maximum atomic E-state index is 4.67. The second-order valence-corrected chi connectivity index (χ2v) is 6.47. The van der Waals surface area contributed by atoms with E-state index in [4.69, 9.17) is 0 Å². The average Bonchev–Trinajstić information content (AvgIpc) is 3.26. The number of allylic oxidation sites excluding steroid dienone is 2. The lowest BCUT2D eigenvalue weighted by Gasteiger charge is -2.18. The molecule has 23 heavy (non-hydrogen) atoms. The Hall–Kier alpha value is -2.34. The van der Waals surface area contributed by atoms with Gasteiger partial charge in [-0.25, -0.2) is 19.9 Å². The van der Waals surface area contributed by atoms with E-state index < -0.39 is 0 Å². The van der Waals surface area contributed by atoms with Crippen LogP contribution in [0.3, 0.4) is 0 Å². The van der Waals surface area contributed by atoms with Gasteiger partial charge in [0, 0.05) is 36.1 Å². The Labute approximate surface area is 138 Å². The van der Waals surface area contributed by atoms with Gasteiger partial charge in [0.15, 0.2) is 10.8 Å². The van der Waals surface area contributed by atoms with Crippen LogP contribution in [0.1, 0.15) is 36.7 Å². The zero-order valence-corrected chi connectivity index (χ0v) is 13.5. The number of aromatic nitrogens is 5. The lowest BCUT2D eigenvalue weighted by molar-refractivity contribution is 0.549. The van der Waals surface area contributed by atoms with Crippen LogP contribution in [-0.4, -0.2) is 24.5 Å². The standard InChI is InChI=1S/C17H17N5S/c1-2-5-13(6-3-1)16-20-9-10-22(16)11-14-12-23-17(21-14)15-18-7-4-8-19-15/h1-2,4,7-10,12-13H,3,5-6,11H2/t13-/m1/s1. The van der Waals surface area contributed by atoms with Crippen molar-refractivity contribution in [2.75, 3.05) is 0 Å². The van der Waals surface area contributed by atoms with Crippen molar-refractivity contribution < 1.29 is 0 Å². The van der Waals surface area contributed by atoms with E-state index in [1.165, 1.54) is 12.2 Å². The summed E-state index contributed by atoms with van der Waals surface area (Å²) >= 11 is 1.58. The third kappa shape index (κ3) is 3.07. The zero-order valence-electron chi connectivity index (χ0n) is 12.7. The highest BCUT2D eigenvalue weighted by molar-refractivity contribution is 7.13. The molecule has 0 saturated heterocycles. The molecular formula is C17H17N5S. The monoisotopic (exact) mass is 323 g/mol. The Morgan fingerprint density at radius 1 is 1.13 bits per heavy atom. The van der Waals surface area contributed by atoms with Gasteiger partial charge in [0.1, 0.15) is 5.82 Å².